The Hall–Kier alpha value is -1.36. The predicted octanol–water partition coefficient (Wildman–Crippen LogP) is -0.636. The van der Waals surface area contributed by atoms with Crippen molar-refractivity contribution < 1.29 is 16.8 Å². The van der Waals surface area contributed by atoms with Gasteiger partial charge >= 0.3 is 5.97 Å². The molecule has 1 heterocycles. The van der Waals surface area contributed by atoms with Crippen molar-refractivity contribution in [2.24, 2.45) is 5.72 Å². The molecule has 0 unspecified atom stereocenters. The normalized spacial score (nSPS) is 23.9. The van der Waals surface area contributed by atoms with E-state index in [9.17, 15) is 4.79 Å². The number of carboxylic acid groups (broad SMARTS) is 1. The molecule has 5 nitrogen and oxygen atoms in total. The van der Waals surface area contributed by atoms with E-state index in [2.05, 4.69) is 9.97 Å². The van der Waals surface area contributed by atoms with Crippen LogP contribution in [0.25, 0.3) is 0 Å². The lowest BCUT2D eigenvalue weighted by molar-refractivity contribution is -0.138. The number of carbonyl (C=O) groups is 1. The molecule has 60 valence electrons. The third kappa shape index (κ3) is 2.05. The van der Waals surface area contributed by atoms with Crippen molar-refractivity contribution in [3.63, 3.8) is 0 Å². The summed E-state index contributed by atoms with van der Waals surface area (Å²) >= 11 is 0. The van der Waals surface area contributed by atoms with Gasteiger partial charge in [0, 0.05) is 21.0 Å². The molecule has 0 aromatic carbocycles. The summed E-state index contributed by atoms with van der Waals surface area (Å²) in [4.78, 5) is 16.7. The molecule has 1 aromatic heterocycles. The number of carboxylic acids is 1. The molecule has 0 saturated carbocycles. The molecule has 0 bridgehead atoms. The molecule has 0 radical (unpaired) electrons. The molecule has 11 heavy (non-hydrogen) atoms. The van der Waals surface area contributed by atoms with Gasteiger partial charge in [-0.05, 0) is 0 Å². The van der Waals surface area contributed by atoms with E-state index in [4.69, 9.17) is 12.0 Å². The summed E-state index contributed by atoms with van der Waals surface area (Å²) in [6, 6.07) is -3.08. The van der Waals surface area contributed by atoms with Gasteiger partial charge in [0.2, 0.25) is 0 Å². The van der Waals surface area contributed by atoms with Gasteiger partial charge in [0.05, 0.1) is 7.70 Å². The smallest absolute Gasteiger partial charge is 0.320 e. The highest BCUT2D eigenvalue weighted by Gasteiger charge is 2.11. The zero-order valence-corrected chi connectivity index (χ0v) is 5.40. The molecule has 0 amide bonds. The van der Waals surface area contributed by atoms with Crippen molar-refractivity contribution in [1.29, 1.82) is 0 Å². The molecular weight excluding hydrogens is 146 g/mol. The summed E-state index contributed by atoms with van der Waals surface area (Å²) < 4.78 is 36.3. The van der Waals surface area contributed by atoms with E-state index in [1.165, 1.54) is 0 Å². The second-order valence-electron chi connectivity index (χ2n) is 1.74. The number of nitrogens with two attached hydrogens (primary N) is 1. The lowest BCUT2D eigenvalue weighted by atomic mass is 10.2. The number of aromatic nitrogens is 2. The van der Waals surface area contributed by atoms with Gasteiger partial charge in [0.15, 0.2) is 0 Å². The van der Waals surface area contributed by atoms with Gasteiger partial charge < -0.3 is 15.8 Å². The molecule has 4 N–H and O–H groups in total. The quantitative estimate of drug-likeness (QED) is 0.546. The summed E-state index contributed by atoms with van der Waals surface area (Å²) in [7, 11) is 0. The first-order valence-electron chi connectivity index (χ1n) is 5.14. The lowest BCUT2D eigenvalue weighted by Crippen LogP contribution is -2.32. The maximum absolute atomic E-state index is 10.9. The third-order valence-corrected chi connectivity index (χ3v) is 0.954. The lowest BCUT2D eigenvalue weighted by Gasteiger charge is -2.02. The maximum Gasteiger partial charge on any atom is 0.320 e. The summed E-state index contributed by atoms with van der Waals surface area (Å²) in [5.74, 6) is -1.93. The number of aliphatic carboxylic acids is 1. The van der Waals surface area contributed by atoms with Crippen LogP contribution in [0.1, 0.15) is 9.81 Å². The van der Waals surface area contributed by atoms with Crippen LogP contribution in [-0.4, -0.2) is 27.1 Å². The van der Waals surface area contributed by atoms with E-state index in [1.54, 1.807) is 0 Å². The van der Waals surface area contributed by atoms with Crippen LogP contribution in [-0.2, 0) is 11.2 Å². The van der Waals surface area contributed by atoms with E-state index in [0.717, 1.165) is 12.5 Å². The Morgan fingerprint density at radius 2 is 3.09 bits per heavy atom. The molecule has 0 fully saturated rings. The van der Waals surface area contributed by atoms with Crippen molar-refractivity contribution >= 4 is 5.97 Å². The van der Waals surface area contributed by atoms with Crippen molar-refractivity contribution in [2.45, 2.75) is 12.4 Å². The Bertz CT molecular complexity index is 382. The fraction of sp³-hybridized carbons (Fsp3) is 0.333. The second-order valence-corrected chi connectivity index (χ2v) is 1.74. The number of H-pyrrole nitrogens is 1. The van der Waals surface area contributed by atoms with Gasteiger partial charge in [0.1, 0.15) is 8.84 Å². The standard InChI is InChI=1S/C6H9N3O2/c7-5(6(10)11)1-4-2-8-3-9-4/h2-3,5H,1,7H2,(H,8,9)(H,10,11)/t5-/m0/s1/i1D2,5D/hD2. The van der Waals surface area contributed by atoms with Crippen LogP contribution in [0.2, 0.25) is 2.82 Å². The molecule has 0 aliphatic heterocycles. The Morgan fingerprint density at radius 3 is 3.55 bits per heavy atom. The van der Waals surface area contributed by atoms with Crippen molar-refractivity contribution in [3.8, 4) is 0 Å². The largest absolute Gasteiger partial charge is 0.480 e. The van der Waals surface area contributed by atoms with E-state index in [1.807, 2.05) is 0 Å². The molecule has 0 spiro atoms. The number of hydrogen-bond donors (Lipinski definition) is 3. The first-order chi connectivity index (χ1) is 7.24. The van der Waals surface area contributed by atoms with Crippen LogP contribution in [0, 0.1) is 0 Å². The minimum Gasteiger partial charge on any atom is -0.480 e. The Balaban J connectivity index is 3.28. The topological polar surface area (TPSA) is 92.0 Å². The monoisotopic (exact) mass is 160 g/mol. The first kappa shape index (κ1) is 3.36. The first-order valence-corrected chi connectivity index (χ1v) is 2.75. The van der Waals surface area contributed by atoms with Gasteiger partial charge in [-0.1, -0.05) is 0 Å². The maximum atomic E-state index is 10.9. The SMILES string of the molecule is [2H]N([2H])[C@]([2H])(C(=O)O)C([2H])([2H])c1cnc[nH]1. The zero-order valence-electron chi connectivity index (χ0n) is 10.4. The van der Waals surface area contributed by atoms with E-state index in [-0.39, 0.29) is 5.69 Å². The number of imidazole rings is 1. The van der Waals surface area contributed by atoms with Gasteiger partial charge in [-0.3, -0.25) is 4.79 Å². The Labute approximate surface area is 70.4 Å². The highest BCUT2D eigenvalue weighted by Crippen LogP contribution is 1.95. The van der Waals surface area contributed by atoms with Gasteiger partial charge in [-0.15, -0.1) is 0 Å². The van der Waals surface area contributed by atoms with Crippen LogP contribution < -0.4 is 5.72 Å². The minimum absolute atomic E-state index is 0.283. The zero-order chi connectivity index (χ0) is 12.6. The van der Waals surface area contributed by atoms with E-state index in [0.29, 0.717) is 0 Å². The Morgan fingerprint density at radius 1 is 2.27 bits per heavy atom. The highest BCUT2D eigenvalue weighted by atomic mass is 16.4. The molecule has 0 aliphatic carbocycles. The van der Waals surface area contributed by atoms with Gasteiger partial charge in [0.25, 0.3) is 0 Å². The third-order valence-electron chi connectivity index (χ3n) is 0.954. The fourth-order valence-electron chi connectivity index (χ4n) is 0.505. The van der Waals surface area contributed by atoms with Crippen LogP contribution in [0.3, 0.4) is 0 Å². The molecular formula is C6H9N3O2. The van der Waals surface area contributed by atoms with Gasteiger partial charge in [-0.2, -0.15) is 0 Å². The molecule has 1 rings (SSSR count). The van der Waals surface area contributed by atoms with Crippen molar-refractivity contribution in [3.05, 3.63) is 18.2 Å². The van der Waals surface area contributed by atoms with Gasteiger partial charge in [-0.25, -0.2) is 4.98 Å². The van der Waals surface area contributed by atoms with Crippen molar-refractivity contribution in [1.82, 2.24) is 9.97 Å². The number of rotatable bonds is 4. The molecule has 0 aliphatic rings. The Kier molecular flexibility index (Phi) is 0.963. The van der Waals surface area contributed by atoms with E-state index >= 15 is 0 Å². The molecule has 5 heteroatoms. The number of aromatic amines is 1. The average Bonchev–Trinajstić information content (AvgIpc) is 2.68. The van der Waals surface area contributed by atoms with Crippen LogP contribution in [0.4, 0.5) is 0 Å². The predicted molar refractivity (Wildman–Crippen MR) is 37.9 cm³/mol. The fourth-order valence-corrected chi connectivity index (χ4v) is 0.505. The average molecular weight is 160 g/mol. The number of hydrogen-bond acceptors (Lipinski definition) is 3. The second kappa shape index (κ2) is 3.16. The molecule has 1 atom stereocenters. The number of nitrogens with zero attached hydrogens (tertiary/aromatic N) is 1. The van der Waals surface area contributed by atoms with E-state index < -0.39 is 24.1 Å². The summed E-state index contributed by atoms with van der Waals surface area (Å²) in [6.45, 7) is 0. The highest BCUT2D eigenvalue weighted by molar-refractivity contribution is 5.73. The van der Waals surface area contributed by atoms with Crippen molar-refractivity contribution in [2.75, 3.05) is 0 Å². The molecule has 1 aromatic rings. The summed E-state index contributed by atoms with van der Waals surface area (Å²) in [5.41, 5.74) is -0.773. The van der Waals surface area contributed by atoms with Crippen LogP contribution in [0.15, 0.2) is 12.5 Å². The van der Waals surface area contributed by atoms with Crippen LogP contribution >= 0.6 is 0 Å². The summed E-state index contributed by atoms with van der Waals surface area (Å²) in [5, 5.41) is 8.79. The number of nitrogens with one attached hydrogen (secondary N) is 1. The summed E-state index contributed by atoms with van der Waals surface area (Å²) in [6.07, 6.45) is -0.651. The minimum atomic E-state index is -3.08. The van der Waals surface area contributed by atoms with Crippen LogP contribution in [0.5, 0.6) is 0 Å². The molecule has 0 saturated heterocycles.